The van der Waals surface area contributed by atoms with Crippen LogP contribution in [0.25, 0.3) is 10.9 Å². The molecule has 0 spiro atoms. The van der Waals surface area contributed by atoms with Crippen LogP contribution in [-0.4, -0.2) is 16.9 Å². The molecule has 0 aliphatic heterocycles. The Labute approximate surface area is 94.9 Å². The number of benzene rings is 1. The number of rotatable bonds is 2. The second-order valence-electron chi connectivity index (χ2n) is 4.23. The van der Waals surface area contributed by atoms with Gasteiger partial charge in [-0.3, -0.25) is 4.79 Å². The van der Waals surface area contributed by atoms with Gasteiger partial charge in [-0.15, -0.1) is 0 Å². The van der Waals surface area contributed by atoms with Crippen molar-refractivity contribution in [1.82, 2.24) is 4.57 Å². The average Bonchev–Trinajstić information content (AvgIpc) is 2.56. The maximum absolute atomic E-state index is 11.7. The van der Waals surface area contributed by atoms with Crippen molar-refractivity contribution in [1.29, 1.82) is 0 Å². The van der Waals surface area contributed by atoms with Gasteiger partial charge in [0, 0.05) is 29.7 Å². The number of nitrogens with zero attached hydrogens (tertiary/aromatic N) is 1. The monoisotopic (exact) mass is 216 g/mol. The summed E-state index contributed by atoms with van der Waals surface area (Å²) in [6.45, 7) is 4.19. The Morgan fingerprint density at radius 1 is 1.31 bits per heavy atom. The SMILES string of the molecule is Cc1cc2c(C(=O)CN)cn(C)c2cc1C. The zero-order valence-corrected chi connectivity index (χ0v) is 9.87. The first-order valence-corrected chi connectivity index (χ1v) is 5.34. The highest BCUT2D eigenvalue weighted by molar-refractivity contribution is 6.09. The van der Waals surface area contributed by atoms with Gasteiger partial charge in [0.15, 0.2) is 5.78 Å². The van der Waals surface area contributed by atoms with E-state index in [1.54, 1.807) is 0 Å². The fraction of sp³-hybridized carbons (Fsp3) is 0.308. The summed E-state index contributed by atoms with van der Waals surface area (Å²) in [6, 6.07) is 4.17. The van der Waals surface area contributed by atoms with Gasteiger partial charge in [-0.05, 0) is 37.1 Å². The summed E-state index contributed by atoms with van der Waals surface area (Å²) in [6.07, 6.45) is 1.86. The normalized spacial score (nSPS) is 11.0. The van der Waals surface area contributed by atoms with E-state index in [9.17, 15) is 4.79 Å². The number of carbonyl (C=O) groups excluding carboxylic acids is 1. The number of nitrogens with two attached hydrogens (primary N) is 1. The van der Waals surface area contributed by atoms with E-state index >= 15 is 0 Å². The molecule has 84 valence electrons. The highest BCUT2D eigenvalue weighted by atomic mass is 16.1. The van der Waals surface area contributed by atoms with Crippen molar-refractivity contribution in [3.05, 3.63) is 35.0 Å². The summed E-state index contributed by atoms with van der Waals surface area (Å²) >= 11 is 0. The molecule has 0 bridgehead atoms. The van der Waals surface area contributed by atoms with Crippen LogP contribution in [0.1, 0.15) is 21.5 Å². The summed E-state index contributed by atoms with van der Waals surface area (Å²) < 4.78 is 1.98. The molecule has 0 aliphatic carbocycles. The second kappa shape index (κ2) is 3.76. The minimum absolute atomic E-state index is 0.00569. The number of Topliss-reactive ketones (excluding diaryl/α,β-unsaturated/α-hetero) is 1. The molecule has 2 rings (SSSR count). The number of carbonyl (C=O) groups is 1. The second-order valence-corrected chi connectivity index (χ2v) is 4.23. The number of hydrogen-bond donors (Lipinski definition) is 1. The van der Waals surface area contributed by atoms with Gasteiger partial charge in [0.05, 0.1) is 6.54 Å². The van der Waals surface area contributed by atoms with E-state index in [2.05, 4.69) is 26.0 Å². The fourth-order valence-electron chi connectivity index (χ4n) is 1.97. The Hall–Kier alpha value is -1.61. The maximum atomic E-state index is 11.7. The predicted octanol–water partition coefficient (Wildman–Crippen LogP) is 1.94. The summed E-state index contributed by atoms with van der Waals surface area (Å²) in [5.41, 5.74) is 9.66. The fourth-order valence-corrected chi connectivity index (χ4v) is 1.97. The molecule has 0 atom stereocenters. The summed E-state index contributed by atoms with van der Waals surface area (Å²) in [7, 11) is 1.95. The first kappa shape index (κ1) is 10.9. The van der Waals surface area contributed by atoms with E-state index in [0.717, 1.165) is 16.5 Å². The molecule has 0 saturated heterocycles. The van der Waals surface area contributed by atoms with Gasteiger partial charge in [-0.1, -0.05) is 0 Å². The third kappa shape index (κ3) is 1.53. The van der Waals surface area contributed by atoms with Gasteiger partial charge in [0.2, 0.25) is 0 Å². The number of fused-ring (bicyclic) bond motifs is 1. The average molecular weight is 216 g/mol. The van der Waals surface area contributed by atoms with Crippen molar-refractivity contribution in [2.75, 3.05) is 6.54 Å². The van der Waals surface area contributed by atoms with Gasteiger partial charge >= 0.3 is 0 Å². The Bertz CT molecular complexity index is 567. The van der Waals surface area contributed by atoms with Crippen molar-refractivity contribution in [2.45, 2.75) is 13.8 Å². The molecule has 0 amide bonds. The third-order valence-corrected chi connectivity index (χ3v) is 3.09. The standard InChI is InChI=1S/C13H16N2O/c1-8-4-10-11(13(16)6-14)7-15(3)12(10)5-9(8)2/h4-5,7H,6,14H2,1-3H3. The van der Waals surface area contributed by atoms with Crippen LogP contribution >= 0.6 is 0 Å². The Balaban J connectivity index is 2.78. The van der Waals surface area contributed by atoms with E-state index in [1.807, 2.05) is 17.8 Å². The largest absolute Gasteiger partial charge is 0.350 e. The van der Waals surface area contributed by atoms with Crippen LogP contribution in [0.5, 0.6) is 0 Å². The van der Waals surface area contributed by atoms with Crippen molar-refractivity contribution in [3.63, 3.8) is 0 Å². The topological polar surface area (TPSA) is 48.0 Å². The number of hydrogen-bond acceptors (Lipinski definition) is 2. The zero-order chi connectivity index (χ0) is 11.9. The van der Waals surface area contributed by atoms with Crippen molar-refractivity contribution >= 4 is 16.7 Å². The van der Waals surface area contributed by atoms with E-state index in [0.29, 0.717) is 0 Å². The molecule has 2 aromatic rings. The molecule has 3 heteroatoms. The van der Waals surface area contributed by atoms with Gasteiger partial charge < -0.3 is 10.3 Å². The lowest BCUT2D eigenvalue weighted by molar-refractivity contribution is 0.100. The molecule has 0 unspecified atom stereocenters. The Morgan fingerprint density at radius 3 is 2.56 bits per heavy atom. The van der Waals surface area contributed by atoms with E-state index in [-0.39, 0.29) is 12.3 Å². The van der Waals surface area contributed by atoms with E-state index in [4.69, 9.17) is 5.73 Å². The van der Waals surface area contributed by atoms with Crippen molar-refractivity contribution < 1.29 is 4.79 Å². The van der Waals surface area contributed by atoms with Crippen LogP contribution in [0.15, 0.2) is 18.3 Å². The van der Waals surface area contributed by atoms with Crippen LogP contribution in [-0.2, 0) is 7.05 Å². The lowest BCUT2D eigenvalue weighted by Gasteiger charge is -2.02. The summed E-state index contributed by atoms with van der Waals surface area (Å²) in [5.74, 6) is -0.00569. The summed E-state index contributed by atoms with van der Waals surface area (Å²) in [5, 5.41) is 1.00. The predicted molar refractivity (Wildman–Crippen MR) is 65.8 cm³/mol. The molecule has 1 aromatic heterocycles. The molecule has 2 N–H and O–H groups in total. The molecule has 0 aliphatic rings. The Morgan fingerprint density at radius 2 is 1.94 bits per heavy atom. The van der Waals surface area contributed by atoms with Crippen LogP contribution < -0.4 is 5.73 Å². The number of aromatic nitrogens is 1. The number of ketones is 1. The molecule has 0 saturated carbocycles. The molecular formula is C13H16N2O. The Kier molecular flexibility index (Phi) is 2.56. The van der Waals surface area contributed by atoms with Crippen LogP contribution in [0.2, 0.25) is 0 Å². The van der Waals surface area contributed by atoms with E-state index in [1.165, 1.54) is 11.1 Å². The highest BCUT2D eigenvalue weighted by Crippen LogP contribution is 2.24. The lowest BCUT2D eigenvalue weighted by atomic mass is 10.0. The van der Waals surface area contributed by atoms with Crippen molar-refractivity contribution in [2.24, 2.45) is 12.8 Å². The van der Waals surface area contributed by atoms with Crippen LogP contribution in [0.3, 0.4) is 0 Å². The zero-order valence-electron chi connectivity index (χ0n) is 9.87. The van der Waals surface area contributed by atoms with Crippen LogP contribution in [0, 0.1) is 13.8 Å². The van der Waals surface area contributed by atoms with Gasteiger partial charge in [-0.2, -0.15) is 0 Å². The molecule has 3 nitrogen and oxygen atoms in total. The molecule has 0 radical (unpaired) electrons. The van der Waals surface area contributed by atoms with Gasteiger partial charge in [0.25, 0.3) is 0 Å². The third-order valence-electron chi connectivity index (χ3n) is 3.09. The molecule has 1 aromatic carbocycles. The maximum Gasteiger partial charge on any atom is 0.178 e. The molecule has 16 heavy (non-hydrogen) atoms. The van der Waals surface area contributed by atoms with Crippen molar-refractivity contribution in [3.8, 4) is 0 Å². The molecule has 0 fully saturated rings. The minimum atomic E-state index is -0.00569. The van der Waals surface area contributed by atoms with Gasteiger partial charge in [-0.25, -0.2) is 0 Å². The first-order valence-electron chi connectivity index (χ1n) is 5.34. The smallest absolute Gasteiger partial charge is 0.178 e. The molecule has 1 heterocycles. The minimum Gasteiger partial charge on any atom is -0.350 e. The first-order chi connectivity index (χ1) is 7.54. The molecular weight excluding hydrogens is 200 g/mol. The van der Waals surface area contributed by atoms with Crippen LogP contribution in [0.4, 0.5) is 0 Å². The van der Waals surface area contributed by atoms with E-state index < -0.39 is 0 Å². The lowest BCUT2D eigenvalue weighted by Crippen LogP contribution is -2.13. The quantitative estimate of drug-likeness (QED) is 0.780. The highest BCUT2D eigenvalue weighted by Gasteiger charge is 2.13. The summed E-state index contributed by atoms with van der Waals surface area (Å²) in [4.78, 5) is 11.7. The van der Waals surface area contributed by atoms with Gasteiger partial charge in [0.1, 0.15) is 0 Å². The number of aryl methyl sites for hydroxylation is 3.